The number of carboxylic acid groups (broad SMARTS) is 1. The van der Waals surface area contributed by atoms with Crippen LogP contribution in [0.1, 0.15) is 54.6 Å². The highest BCUT2D eigenvalue weighted by atomic mass is 79.9. The predicted octanol–water partition coefficient (Wildman–Crippen LogP) is 6.00. The molecule has 1 saturated carbocycles. The molecule has 0 bridgehead atoms. The Morgan fingerprint density at radius 1 is 1.17 bits per heavy atom. The van der Waals surface area contributed by atoms with Crippen LogP contribution in [0.25, 0.3) is 0 Å². The molecule has 2 fully saturated rings. The van der Waals surface area contributed by atoms with Gasteiger partial charge >= 0.3 is 5.97 Å². The highest BCUT2D eigenvalue weighted by molar-refractivity contribution is 9.10. The second-order valence-electron chi connectivity index (χ2n) is 8.23. The van der Waals surface area contributed by atoms with Crippen molar-refractivity contribution in [2.45, 2.75) is 37.9 Å². The molecule has 1 aliphatic carbocycles. The maximum absolute atomic E-state index is 11.1. The molecular weight excluding hydrogens is 464 g/mol. The van der Waals surface area contributed by atoms with Gasteiger partial charge in [-0.3, -0.25) is 4.79 Å². The first-order valence-corrected chi connectivity index (χ1v) is 12.4. The van der Waals surface area contributed by atoms with Crippen LogP contribution in [0.4, 0.5) is 0 Å². The molecule has 6 heteroatoms. The minimum atomic E-state index is -0.674. The van der Waals surface area contributed by atoms with Crippen LogP contribution in [0.15, 0.2) is 53.0 Å². The van der Waals surface area contributed by atoms with Gasteiger partial charge in [-0.15, -0.1) is 0 Å². The van der Waals surface area contributed by atoms with Gasteiger partial charge < -0.3 is 14.6 Å². The van der Waals surface area contributed by atoms with Crippen LogP contribution >= 0.6 is 27.7 Å². The zero-order chi connectivity index (χ0) is 21.0. The first-order chi connectivity index (χ1) is 14.6. The lowest BCUT2D eigenvalue weighted by Gasteiger charge is -2.21. The molecule has 4 nitrogen and oxygen atoms in total. The van der Waals surface area contributed by atoms with Gasteiger partial charge in [0.25, 0.3) is 0 Å². The molecule has 1 unspecified atom stereocenters. The number of carboxylic acids is 1. The van der Waals surface area contributed by atoms with Gasteiger partial charge in [-0.25, -0.2) is 0 Å². The van der Waals surface area contributed by atoms with Crippen LogP contribution in [0.2, 0.25) is 0 Å². The van der Waals surface area contributed by atoms with E-state index in [0.29, 0.717) is 19.6 Å². The Morgan fingerprint density at radius 2 is 1.93 bits per heavy atom. The van der Waals surface area contributed by atoms with E-state index in [4.69, 9.17) is 14.6 Å². The fraction of sp³-hybridized carbons (Fsp3) is 0.458. The van der Waals surface area contributed by atoms with E-state index in [2.05, 4.69) is 58.4 Å². The van der Waals surface area contributed by atoms with E-state index >= 15 is 0 Å². The Morgan fingerprint density at radius 3 is 2.63 bits per heavy atom. The Hall–Kier alpha value is -1.34. The van der Waals surface area contributed by atoms with Crippen LogP contribution in [0.5, 0.6) is 0 Å². The average molecular weight is 491 g/mol. The van der Waals surface area contributed by atoms with Gasteiger partial charge in [-0.05, 0) is 53.4 Å². The number of halogens is 1. The molecule has 1 aliphatic heterocycles. The molecule has 160 valence electrons. The summed E-state index contributed by atoms with van der Waals surface area (Å²) in [6.45, 7) is 1.27. The highest BCUT2D eigenvalue weighted by Gasteiger charge is 2.44. The van der Waals surface area contributed by atoms with Gasteiger partial charge in [0.1, 0.15) is 0 Å². The van der Waals surface area contributed by atoms with E-state index in [0.717, 1.165) is 40.8 Å². The van der Waals surface area contributed by atoms with Crippen molar-refractivity contribution >= 4 is 33.7 Å². The number of thioether (sulfide) groups is 1. The number of benzene rings is 2. The third kappa shape index (κ3) is 5.47. The maximum atomic E-state index is 11.1. The quantitative estimate of drug-likeness (QED) is 0.413. The summed E-state index contributed by atoms with van der Waals surface area (Å²) < 4.78 is 12.5. The number of aliphatic carboxylic acids is 1. The molecule has 2 aromatic rings. The van der Waals surface area contributed by atoms with Crippen molar-refractivity contribution in [2.75, 3.05) is 24.7 Å². The zero-order valence-corrected chi connectivity index (χ0v) is 19.3. The Labute approximate surface area is 190 Å². The van der Waals surface area contributed by atoms with Gasteiger partial charge in [0.2, 0.25) is 0 Å². The molecule has 1 heterocycles. The van der Waals surface area contributed by atoms with E-state index < -0.39 is 5.97 Å². The molecule has 1 N–H and O–H groups in total. The third-order valence-corrected chi connectivity index (χ3v) is 7.99. The average Bonchev–Trinajstić information content (AvgIpc) is 3.26. The Bertz CT molecular complexity index is 877. The standard InChI is InChI=1S/C24H27BrO4S/c25-21-7-2-1-6-20(21)19(8-13-30-16-24(9-10-24)15-22(26)27)17-4-3-5-18(14-17)23-28-11-12-29-23/h1-7,14,19,23H,8-13,15-16H2,(H,26,27). The summed E-state index contributed by atoms with van der Waals surface area (Å²) >= 11 is 5.63. The van der Waals surface area contributed by atoms with E-state index in [-0.39, 0.29) is 17.6 Å². The molecule has 1 atom stereocenters. The normalized spacial score (nSPS) is 19.0. The Balaban J connectivity index is 1.47. The van der Waals surface area contributed by atoms with Crippen molar-refractivity contribution in [2.24, 2.45) is 5.41 Å². The van der Waals surface area contributed by atoms with Crippen LogP contribution < -0.4 is 0 Å². The van der Waals surface area contributed by atoms with Crippen LogP contribution in [-0.4, -0.2) is 35.8 Å². The van der Waals surface area contributed by atoms with E-state index in [1.165, 1.54) is 11.1 Å². The van der Waals surface area contributed by atoms with Gasteiger partial charge in [-0.2, -0.15) is 11.8 Å². The largest absolute Gasteiger partial charge is 0.481 e. The van der Waals surface area contributed by atoms with Crippen LogP contribution in [0, 0.1) is 5.41 Å². The minimum absolute atomic E-state index is 0.0381. The zero-order valence-electron chi connectivity index (χ0n) is 16.9. The molecule has 2 aliphatic rings. The molecule has 0 spiro atoms. The van der Waals surface area contributed by atoms with Crippen molar-refractivity contribution in [3.8, 4) is 0 Å². The van der Waals surface area contributed by atoms with Gasteiger partial charge in [0.05, 0.1) is 19.6 Å². The monoisotopic (exact) mass is 490 g/mol. The smallest absolute Gasteiger partial charge is 0.303 e. The van der Waals surface area contributed by atoms with Crippen molar-refractivity contribution in [3.05, 3.63) is 69.7 Å². The predicted molar refractivity (Wildman–Crippen MR) is 123 cm³/mol. The number of rotatable bonds is 10. The minimum Gasteiger partial charge on any atom is -0.481 e. The number of carbonyl (C=O) groups is 1. The van der Waals surface area contributed by atoms with Crippen LogP contribution in [0.3, 0.4) is 0 Å². The number of hydrogen-bond donors (Lipinski definition) is 1. The lowest BCUT2D eigenvalue weighted by molar-refractivity contribution is -0.138. The summed E-state index contributed by atoms with van der Waals surface area (Å²) in [6, 6.07) is 16.9. The second-order valence-corrected chi connectivity index (χ2v) is 10.2. The fourth-order valence-electron chi connectivity index (χ4n) is 4.09. The highest BCUT2D eigenvalue weighted by Crippen LogP contribution is 2.51. The van der Waals surface area contributed by atoms with Crippen LogP contribution in [-0.2, 0) is 14.3 Å². The van der Waals surface area contributed by atoms with Crippen molar-refractivity contribution < 1.29 is 19.4 Å². The molecule has 0 amide bonds. The second kappa shape index (κ2) is 9.86. The van der Waals surface area contributed by atoms with Gasteiger partial charge in [0, 0.05) is 16.0 Å². The van der Waals surface area contributed by atoms with Crippen molar-refractivity contribution in [1.29, 1.82) is 0 Å². The SMILES string of the molecule is O=C(O)CC1(CSCCC(c2cccc(C3OCCO3)c2)c2ccccc2Br)CC1. The summed E-state index contributed by atoms with van der Waals surface area (Å²) in [5.74, 6) is 1.51. The Kier molecular flexibility index (Phi) is 7.19. The lowest BCUT2D eigenvalue weighted by Crippen LogP contribution is -2.12. The molecular formula is C24H27BrO4S. The molecule has 30 heavy (non-hydrogen) atoms. The fourth-order valence-corrected chi connectivity index (χ4v) is 6.02. The number of ether oxygens (including phenoxy) is 2. The van der Waals surface area contributed by atoms with Crippen molar-refractivity contribution in [1.82, 2.24) is 0 Å². The molecule has 0 aromatic heterocycles. The van der Waals surface area contributed by atoms with E-state index in [9.17, 15) is 4.79 Å². The molecule has 0 radical (unpaired) electrons. The van der Waals surface area contributed by atoms with E-state index in [1.807, 2.05) is 17.8 Å². The first-order valence-electron chi connectivity index (χ1n) is 10.4. The summed E-state index contributed by atoms with van der Waals surface area (Å²) in [4.78, 5) is 11.1. The molecule has 4 rings (SSSR count). The molecule has 2 aromatic carbocycles. The summed E-state index contributed by atoms with van der Waals surface area (Å²) in [6.07, 6.45) is 3.11. The van der Waals surface area contributed by atoms with Gasteiger partial charge in [-0.1, -0.05) is 58.4 Å². The number of hydrogen-bond acceptors (Lipinski definition) is 4. The van der Waals surface area contributed by atoms with Crippen molar-refractivity contribution in [3.63, 3.8) is 0 Å². The molecule has 1 saturated heterocycles. The first kappa shape index (κ1) is 21.9. The summed E-state index contributed by atoms with van der Waals surface area (Å²) in [5.41, 5.74) is 3.63. The topological polar surface area (TPSA) is 55.8 Å². The summed E-state index contributed by atoms with van der Waals surface area (Å²) in [7, 11) is 0. The van der Waals surface area contributed by atoms with E-state index in [1.54, 1.807) is 0 Å². The third-order valence-electron chi connectivity index (χ3n) is 5.93. The maximum Gasteiger partial charge on any atom is 0.303 e. The van der Waals surface area contributed by atoms with Gasteiger partial charge in [0.15, 0.2) is 6.29 Å². The summed E-state index contributed by atoms with van der Waals surface area (Å²) in [5, 5.41) is 9.14. The lowest BCUT2D eigenvalue weighted by atomic mass is 9.88.